The number of nitrogens with two attached hydrogens (primary N) is 1. The van der Waals surface area contributed by atoms with Gasteiger partial charge in [-0.1, -0.05) is 6.92 Å². The maximum absolute atomic E-state index is 12.1. The largest absolute Gasteiger partial charge is 0.461 e. The second kappa shape index (κ2) is 6.87. The van der Waals surface area contributed by atoms with Crippen LogP contribution < -0.4 is 5.73 Å². The molecule has 0 saturated heterocycles. The van der Waals surface area contributed by atoms with Crippen molar-refractivity contribution in [2.45, 2.75) is 32.3 Å². The Bertz CT molecular complexity index is 474. The summed E-state index contributed by atoms with van der Waals surface area (Å²) < 4.78 is 42.5. The number of ether oxygens (including phenoxy) is 1. The zero-order valence-corrected chi connectivity index (χ0v) is 12.0. The number of hydrogen-bond acceptors (Lipinski definition) is 5. The van der Waals surface area contributed by atoms with Gasteiger partial charge in [-0.15, -0.1) is 0 Å². The van der Waals surface area contributed by atoms with Gasteiger partial charge in [-0.3, -0.25) is 0 Å². The van der Waals surface area contributed by atoms with E-state index < -0.39 is 11.5 Å². The highest BCUT2D eigenvalue weighted by atomic mass is 32.2. The summed E-state index contributed by atoms with van der Waals surface area (Å²) in [4.78, 5) is 15.7. The maximum atomic E-state index is 12.1. The fourth-order valence-corrected chi connectivity index (χ4v) is 2.14. The molecule has 114 valence electrons. The number of carbonyl (C=O) groups excluding carboxylic acids is 1. The lowest BCUT2D eigenvalue weighted by molar-refractivity contribution is -0.0328. The molecule has 20 heavy (non-hydrogen) atoms. The molecule has 0 saturated carbocycles. The molecule has 9 heteroatoms. The van der Waals surface area contributed by atoms with Crippen LogP contribution in [-0.4, -0.2) is 33.4 Å². The van der Waals surface area contributed by atoms with Gasteiger partial charge in [-0.2, -0.15) is 13.2 Å². The number of thioether (sulfide) groups is 1. The van der Waals surface area contributed by atoms with Crippen LogP contribution in [0.4, 0.5) is 19.0 Å². The molecule has 0 aliphatic rings. The number of nitrogens with zero attached hydrogens (tertiary/aromatic N) is 2. The predicted octanol–water partition coefficient (Wildman–Crippen LogP) is 2.46. The van der Waals surface area contributed by atoms with Crippen molar-refractivity contribution in [3.63, 3.8) is 0 Å². The molecule has 5 nitrogen and oxygen atoms in total. The van der Waals surface area contributed by atoms with Gasteiger partial charge < -0.3 is 15.0 Å². The molecule has 0 aliphatic carbocycles. The molecule has 1 aromatic rings. The fourth-order valence-electron chi connectivity index (χ4n) is 1.64. The number of aryl methyl sites for hydroxylation is 1. The van der Waals surface area contributed by atoms with E-state index in [1.54, 1.807) is 13.8 Å². The van der Waals surface area contributed by atoms with E-state index in [1.807, 2.05) is 0 Å². The van der Waals surface area contributed by atoms with E-state index in [-0.39, 0.29) is 42.2 Å². The van der Waals surface area contributed by atoms with Crippen molar-refractivity contribution in [2.24, 2.45) is 0 Å². The van der Waals surface area contributed by atoms with Crippen molar-refractivity contribution >= 4 is 23.5 Å². The molecular weight excluding hydrogens is 295 g/mol. The van der Waals surface area contributed by atoms with E-state index in [9.17, 15) is 18.0 Å². The van der Waals surface area contributed by atoms with Gasteiger partial charge in [0.15, 0.2) is 5.69 Å². The number of hydrogen-bond donors (Lipinski definition) is 1. The van der Waals surface area contributed by atoms with Crippen LogP contribution in [0.1, 0.15) is 30.2 Å². The average Bonchev–Trinajstić information content (AvgIpc) is 2.65. The first-order valence-corrected chi connectivity index (χ1v) is 7.01. The molecule has 1 heterocycles. The lowest BCUT2D eigenvalue weighted by Gasteiger charge is -2.10. The van der Waals surface area contributed by atoms with E-state index in [2.05, 4.69) is 4.98 Å². The Labute approximate surface area is 118 Å². The van der Waals surface area contributed by atoms with Gasteiger partial charge in [0.2, 0.25) is 0 Å². The molecule has 0 fully saturated rings. The first-order valence-electron chi connectivity index (χ1n) is 6.02. The Morgan fingerprint density at radius 1 is 1.45 bits per heavy atom. The van der Waals surface area contributed by atoms with Crippen molar-refractivity contribution in [3.05, 3.63) is 11.5 Å². The Kier molecular flexibility index (Phi) is 5.73. The minimum absolute atomic E-state index is 0.0333. The summed E-state index contributed by atoms with van der Waals surface area (Å²) >= 11 is -0.136. The van der Waals surface area contributed by atoms with Crippen LogP contribution in [0.3, 0.4) is 0 Å². The third kappa shape index (κ3) is 4.32. The van der Waals surface area contributed by atoms with Gasteiger partial charge in [0.25, 0.3) is 0 Å². The van der Waals surface area contributed by atoms with Crippen LogP contribution in [0.15, 0.2) is 0 Å². The second-order valence-corrected chi connectivity index (χ2v) is 4.94. The number of halogens is 3. The number of rotatable bonds is 6. The normalized spacial score (nSPS) is 11.7. The SMILES string of the molecule is CCOC(=O)c1nc(CC)n(CCSC(F)(F)F)c1N. The predicted molar refractivity (Wildman–Crippen MR) is 70.5 cm³/mol. The molecule has 1 rings (SSSR count). The van der Waals surface area contributed by atoms with Gasteiger partial charge >= 0.3 is 11.5 Å². The molecule has 2 N–H and O–H groups in total. The first-order chi connectivity index (χ1) is 9.30. The lowest BCUT2D eigenvalue weighted by Crippen LogP contribution is -2.13. The van der Waals surface area contributed by atoms with Crippen LogP contribution in [-0.2, 0) is 17.7 Å². The number of anilines is 1. The van der Waals surface area contributed by atoms with E-state index in [0.717, 1.165) is 0 Å². The molecule has 0 aromatic carbocycles. The Morgan fingerprint density at radius 3 is 2.60 bits per heavy atom. The molecule has 0 radical (unpaired) electrons. The van der Waals surface area contributed by atoms with Crippen molar-refractivity contribution in [2.75, 3.05) is 18.1 Å². The van der Waals surface area contributed by atoms with Crippen molar-refractivity contribution in [1.29, 1.82) is 0 Å². The number of nitrogen functional groups attached to an aromatic ring is 1. The zero-order chi connectivity index (χ0) is 15.3. The van der Waals surface area contributed by atoms with Crippen LogP contribution in [0.5, 0.6) is 0 Å². The highest BCUT2D eigenvalue weighted by Gasteiger charge is 2.28. The number of esters is 1. The van der Waals surface area contributed by atoms with E-state index in [0.29, 0.717) is 12.2 Å². The van der Waals surface area contributed by atoms with Crippen molar-refractivity contribution in [3.8, 4) is 0 Å². The summed E-state index contributed by atoms with van der Waals surface area (Å²) in [5.41, 5.74) is 1.44. The molecule has 1 aromatic heterocycles. The highest BCUT2D eigenvalue weighted by Crippen LogP contribution is 2.30. The van der Waals surface area contributed by atoms with Crippen molar-refractivity contribution < 1.29 is 22.7 Å². The van der Waals surface area contributed by atoms with Crippen LogP contribution >= 0.6 is 11.8 Å². The standard InChI is InChI=1S/C11H16F3N3O2S/c1-3-7-16-8(10(18)19-4-2)9(15)17(7)5-6-20-11(12,13)14/h3-6,15H2,1-2H3. The third-order valence-electron chi connectivity index (χ3n) is 2.45. The summed E-state index contributed by atoms with van der Waals surface area (Å²) in [6, 6.07) is 0. The summed E-state index contributed by atoms with van der Waals surface area (Å²) in [5, 5.41) is 0. The zero-order valence-electron chi connectivity index (χ0n) is 11.2. The van der Waals surface area contributed by atoms with Gasteiger partial charge in [0.1, 0.15) is 11.6 Å². The third-order valence-corrected chi connectivity index (χ3v) is 3.17. The summed E-state index contributed by atoms with van der Waals surface area (Å²) in [6.45, 7) is 3.64. The second-order valence-electron chi connectivity index (χ2n) is 3.78. The number of aromatic nitrogens is 2. The summed E-state index contributed by atoms with van der Waals surface area (Å²) in [7, 11) is 0. The lowest BCUT2D eigenvalue weighted by atomic mass is 10.4. The minimum atomic E-state index is -4.29. The number of imidazole rings is 1. The number of carbonyl (C=O) groups is 1. The van der Waals surface area contributed by atoms with E-state index in [4.69, 9.17) is 10.5 Å². The Balaban J connectivity index is 2.87. The topological polar surface area (TPSA) is 70.1 Å². The minimum Gasteiger partial charge on any atom is -0.461 e. The highest BCUT2D eigenvalue weighted by molar-refractivity contribution is 8.00. The van der Waals surface area contributed by atoms with Crippen LogP contribution in [0.25, 0.3) is 0 Å². The smallest absolute Gasteiger partial charge is 0.441 e. The van der Waals surface area contributed by atoms with Crippen LogP contribution in [0.2, 0.25) is 0 Å². The van der Waals surface area contributed by atoms with Crippen molar-refractivity contribution in [1.82, 2.24) is 9.55 Å². The molecule has 0 amide bonds. The molecule has 0 bridgehead atoms. The van der Waals surface area contributed by atoms with E-state index in [1.165, 1.54) is 4.57 Å². The summed E-state index contributed by atoms with van der Waals surface area (Å²) in [6.07, 6.45) is 0.459. The maximum Gasteiger partial charge on any atom is 0.441 e. The Hall–Kier alpha value is -1.38. The molecule has 0 spiro atoms. The molecule has 0 unspecified atom stereocenters. The fraction of sp³-hybridized carbons (Fsp3) is 0.636. The monoisotopic (exact) mass is 311 g/mol. The van der Waals surface area contributed by atoms with Gasteiger partial charge in [0.05, 0.1) is 6.61 Å². The molecule has 0 aliphatic heterocycles. The van der Waals surface area contributed by atoms with Crippen LogP contribution in [0, 0.1) is 0 Å². The average molecular weight is 311 g/mol. The van der Waals surface area contributed by atoms with Gasteiger partial charge in [0, 0.05) is 18.7 Å². The summed E-state index contributed by atoms with van der Waals surface area (Å²) in [5.74, 6) is -0.349. The molecular formula is C11H16F3N3O2S. The van der Waals surface area contributed by atoms with Gasteiger partial charge in [-0.05, 0) is 18.7 Å². The Morgan fingerprint density at radius 2 is 2.10 bits per heavy atom. The van der Waals surface area contributed by atoms with Gasteiger partial charge in [-0.25, -0.2) is 9.78 Å². The molecule has 0 atom stereocenters. The first kappa shape index (κ1) is 16.7. The quantitative estimate of drug-likeness (QED) is 0.817. The number of alkyl halides is 3. The van der Waals surface area contributed by atoms with E-state index >= 15 is 0 Å².